The summed E-state index contributed by atoms with van der Waals surface area (Å²) in [7, 11) is -1.28. The molecule has 0 amide bonds. The first-order valence-corrected chi connectivity index (χ1v) is 17.8. The Labute approximate surface area is 86.4 Å². The second kappa shape index (κ2) is 4.55. The summed E-state index contributed by atoms with van der Waals surface area (Å²) in [5.41, 5.74) is 0. The van der Waals surface area contributed by atoms with E-state index in [0.717, 1.165) is 0 Å². The van der Waals surface area contributed by atoms with Gasteiger partial charge in [0.1, 0.15) is 0 Å². The van der Waals surface area contributed by atoms with Crippen molar-refractivity contribution in [2.24, 2.45) is 0 Å². The first-order chi connectivity index (χ1) is 4.71. The van der Waals surface area contributed by atoms with Gasteiger partial charge in [-0.25, -0.2) is 0 Å². The van der Waals surface area contributed by atoms with Gasteiger partial charge in [-0.05, 0) is 0 Å². The van der Waals surface area contributed by atoms with Crippen molar-refractivity contribution >= 4 is 16.1 Å². The van der Waals surface area contributed by atoms with Crippen LogP contribution in [-0.2, 0) is 24.2 Å². The van der Waals surface area contributed by atoms with E-state index in [1.807, 2.05) is 0 Å². The summed E-state index contributed by atoms with van der Waals surface area (Å²) in [6.45, 7) is 15.1. The van der Waals surface area contributed by atoms with Gasteiger partial charge in [-0.2, -0.15) is 0 Å². The van der Waals surface area contributed by atoms with Gasteiger partial charge in [0.15, 0.2) is 0 Å². The van der Waals surface area contributed by atoms with Crippen molar-refractivity contribution in [2.75, 3.05) is 0 Å². The van der Waals surface area contributed by atoms with E-state index < -0.39 is 16.1 Å². The molecule has 0 unspecified atom stereocenters. The molecular weight excluding hydrogens is 265 g/mol. The third-order valence-electron chi connectivity index (χ3n) is 1.85. The molecule has 11 heavy (non-hydrogen) atoms. The molecule has 0 N–H and O–H groups in total. The number of hydrogen-bond acceptors (Lipinski definition) is 0. The van der Waals surface area contributed by atoms with Crippen LogP contribution in [0.4, 0.5) is 0 Å². The van der Waals surface area contributed by atoms with Crippen LogP contribution in [-0.4, -0.2) is 16.1 Å². The van der Waals surface area contributed by atoms with Crippen molar-refractivity contribution in [3.63, 3.8) is 0 Å². The second-order valence-corrected chi connectivity index (χ2v) is 27.8. The molecule has 0 aliphatic heterocycles. The molecule has 0 aromatic carbocycles. The van der Waals surface area contributed by atoms with Gasteiger partial charge in [-0.1, -0.05) is 0 Å². The quantitative estimate of drug-likeness (QED) is 0.692. The fraction of sp³-hybridized carbons (Fsp3) is 1.00. The maximum absolute atomic E-state index is 2.52. The van der Waals surface area contributed by atoms with E-state index >= 15 is 0 Å². The minimum absolute atomic E-state index is 0.270. The van der Waals surface area contributed by atoms with E-state index in [2.05, 4.69) is 39.3 Å². The molecule has 0 aliphatic carbocycles. The van der Waals surface area contributed by atoms with Crippen LogP contribution in [0, 0.1) is 0 Å². The van der Waals surface area contributed by atoms with Gasteiger partial charge in [0.25, 0.3) is 0 Å². The van der Waals surface area contributed by atoms with Crippen molar-refractivity contribution in [1.82, 2.24) is 0 Å². The Bertz CT molecular complexity index is 96.2. The fourth-order valence-corrected chi connectivity index (χ4v) is 26.7. The molecule has 3 heteroatoms. The average Bonchev–Trinajstić information content (AvgIpc) is 1.55. The number of rotatable bonds is 4. The van der Waals surface area contributed by atoms with Gasteiger partial charge in [-0.3, -0.25) is 0 Å². The van der Waals surface area contributed by atoms with Gasteiger partial charge in [0, 0.05) is 0 Å². The van der Waals surface area contributed by atoms with Gasteiger partial charge in [0.05, 0.1) is 0 Å². The first kappa shape index (κ1) is 12.4. The molecule has 0 fully saturated rings. The van der Waals surface area contributed by atoms with Crippen molar-refractivity contribution in [3.8, 4) is 0 Å². The van der Waals surface area contributed by atoms with Crippen LogP contribution in [0.1, 0.15) is 0 Å². The standard InChI is InChI=1S/2C4H11Si.Cd/c2*1-5(2,3)4;/h2*1H2,2-4H3;. The van der Waals surface area contributed by atoms with Crippen LogP contribution in [0.3, 0.4) is 0 Å². The van der Waals surface area contributed by atoms with E-state index in [1.54, 1.807) is 7.21 Å². The molecule has 0 atom stereocenters. The van der Waals surface area contributed by atoms with Crippen LogP contribution in [0.15, 0.2) is 0 Å². The summed E-state index contributed by atoms with van der Waals surface area (Å²) in [5.74, 6) is 0. The molecule has 0 bridgehead atoms. The normalized spacial score (nSPS) is 12.9. The van der Waals surface area contributed by atoms with Gasteiger partial charge < -0.3 is 0 Å². The van der Waals surface area contributed by atoms with Crippen molar-refractivity contribution in [2.45, 2.75) is 46.5 Å². The van der Waals surface area contributed by atoms with Gasteiger partial charge in [-0.15, -0.1) is 0 Å². The predicted octanol–water partition coefficient (Wildman–Crippen LogP) is 3.66. The molecule has 0 saturated heterocycles. The maximum atomic E-state index is 2.52. The zero-order chi connectivity index (χ0) is 9.12. The molecule has 0 radical (unpaired) electrons. The molecule has 0 nitrogen and oxygen atoms in total. The Morgan fingerprint density at radius 3 is 1.18 bits per heavy atom. The summed E-state index contributed by atoms with van der Waals surface area (Å²) in [6.07, 6.45) is 0. The third kappa shape index (κ3) is 11.4. The molecule has 64 valence electrons. The van der Waals surface area contributed by atoms with Crippen molar-refractivity contribution in [3.05, 3.63) is 0 Å². The molecular formula is C8H22CdSi2. The Morgan fingerprint density at radius 2 is 1.00 bits per heavy atom. The molecule has 0 aromatic rings. The average molecular weight is 287 g/mol. The molecule has 0 heterocycles. The summed E-state index contributed by atoms with van der Waals surface area (Å²) < 4.78 is 3.47. The topological polar surface area (TPSA) is 0 Å². The van der Waals surface area contributed by atoms with Crippen molar-refractivity contribution < 1.29 is 24.2 Å². The fourth-order valence-electron chi connectivity index (χ4n) is 1.15. The Kier molecular flexibility index (Phi) is 5.11. The van der Waals surface area contributed by atoms with E-state index in [4.69, 9.17) is 0 Å². The SMILES string of the molecule is C[Si](C)(C)[CH2][Cd][CH2][Si](C)(C)C. The Hall–Kier alpha value is 1.36. The van der Waals surface area contributed by atoms with E-state index in [9.17, 15) is 0 Å². The summed E-state index contributed by atoms with van der Waals surface area (Å²) in [5, 5.41) is 0. The summed E-state index contributed by atoms with van der Waals surface area (Å²) in [4.78, 5) is 0. The Balaban J connectivity index is 3.44. The third-order valence-corrected chi connectivity index (χ3v) is 37.3. The van der Waals surface area contributed by atoms with E-state index in [1.165, 1.54) is 0 Å². The molecule has 0 rings (SSSR count). The summed E-state index contributed by atoms with van der Waals surface area (Å²) in [6, 6.07) is 0. The Morgan fingerprint density at radius 1 is 0.727 bits per heavy atom. The monoisotopic (exact) mass is 288 g/mol. The minimum atomic E-state index is -0.641. The van der Waals surface area contributed by atoms with Crippen LogP contribution >= 0.6 is 0 Å². The van der Waals surface area contributed by atoms with Crippen molar-refractivity contribution in [1.29, 1.82) is 0 Å². The molecule has 0 spiro atoms. The predicted molar refractivity (Wildman–Crippen MR) is 56.3 cm³/mol. The van der Waals surface area contributed by atoms with E-state index in [0.29, 0.717) is 0 Å². The van der Waals surface area contributed by atoms with Gasteiger partial charge >= 0.3 is 86.9 Å². The zero-order valence-electron chi connectivity index (χ0n) is 9.12. The first-order valence-electron chi connectivity index (χ1n) is 4.71. The zero-order valence-corrected chi connectivity index (χ0v) is 15.2. The van der Waals surface area contributed by atoms with Crippen LogP contribution in [0.5, 0.6) is 0 Å². The van der Waals surface area contributed by atoms with Crippen LogP contribution < -0.4 is 0 Å². The van der Waals surface area contributed by atoms with Crippen LogP contribution in [0.25, 0.3) is 0 Å². The second-order valence-electron chi connectivity index (χ2n) is 5.97. The van der Waals surface area contributed by atoms with E-state index in [-0.39, 0.29) is 24.2 Å². The molecule has 0 aromatic heterocycles. The summed E-state index contributed by atoms with van der Waals surface area (Å²) >= 11 is -0.270. The number of hydrogen-bond donors (Lipinski definition) is 0. The molecule has 0 aliphatic rings. The van der Waals surface area contributed by atoms with Gasteiger partial charge in [0.2, 0.25) is 0 Å². The molecule has 0 saturated carbocycles. The van der Waals surface area contributed by atoms with Crippen LogP contribution in [0.2, 0.25) is 46.5 Å².